The van der Waals surface area contributed by atoms with Crippen LogP contribution in [0.5, 0.6) is 0 Å². The summed E-state index contributed by atoms with van der Waals surface area (Å²) in [5.41, 5.74) is 0. The zero-order chi connectivity index (χ0) is 9.35. The highest BCUT2D eigenvalue weighted by Crippen LogP contribution is 2.24. The van der Waals surface area contributed by atoms with Crippen LogP contribution >= 0.6 is 0 Å². The van der Waals surface area contributed by atoms with Crippen molar-refractivity contribution in [3.8, 4) is 0 Å². The van der Waals surface area contributed by atoms with Crippen molar-refractivity contribution in [2.45, 2.75) is 17.6 Å². The highest BCUT2D eigenvalue weighted by molar-refractivity contribution is 7.98. The predicted octanol–water partition coefficient (Wildman–Crippen LogP) is 0.299. The van der Waals surface area contributed by atoms with Crippen molar-refractivity contribution in [2.75, 3.05) is 6.61 Å². The van der Waals surface area contributed by atoms with E-state index in [4.69, 9.17) is 0 Å². The maximum Gasteiger partial charge on any atom is 0.392 e. The van der Waals surface area contributed by atoms with Gasteiger partial charge in [0.25, 0.3) is 0 Å². The minimum Gasteiger partial charge on any atom is -0.280 e. The second-order valence-electron chi connectivity index (χ2n) is 2.07. The lowest BCUT2D eigenvalue weighted by atomic mass is 10.7. The molecule has 0 spiro atoms. The van der Waals surface area contributed by atoms with Crippen LogP contribution in [0.15, 0.2) is 0 Å². The normalized spacial score (nSPS) is 42.1. The predicted molar refractivity (Wildman–Crippen MR) is 37.7 cm³/mol. The van der Waals surface area contributed by atoms with E-state index in [0.29, 0.717) is 0 Å². The molecule has 0 aromatic carbocycles. The molecular formula is C4H6F2O4S2. The smallest absolute Gasteiger partial charge is 0.280 e. The molecule has 1 rings (SSSR count). The minimum absolute atomic E-state index is 1.06. The largest absolute Gasteiger partial charge is 0.392 e. The van der Waals surface area contributed by atoms with Gasteiger partial charge in [0.05, 0.1) is 0 Å². The monoisotopic (exact) mass is 220 g/mol. The molecule has 1 aliphatic heterocycles. The first-order valence-electron chi connectivity index (χ1n) is 2.94. The second kappa shape index (κ2) is 3.44. The summed E-state index contributed by atoms with van der Waals surface area (Å²) in [6.07, 6.45) is -3.62. The van der Waals surface area contributed by atoms with E-state index in [-0.39, 0.29) is 0 Å². The van der Waals surface area contributed by atoms with E-state index in [1.165, 1.54) is 6.92 Å². The van der Waals surface area contributed by atoms with Crippen LogP contribution in [0.25, 0.3) is 0 Å². The average molecular weight is 220 g/mol. The zero-order valence-corrected chi connectivity index (χ0v) is 7.62. The van der Waals surface area contributed by atoms with Crippen molar-refractivity contribution in [2.24, 2.45) is 0 Å². The Balaban J connectivity index is 2.80. The molecule has 0 amide bonds. The third kappa shape index (κ3) is 2.28. The quantitative estimate of drug-likeness (QED) is 0.589. The molecule has 0 aromatic heterocycles. The van der Waals surface area contributed by atoms with Crippen LogP contribution < -0.4 is 0 Å². The van der Waals surface area contributed by atoms with E-state index in [9.17, 15) is 17.2 Å². The van der Waals surface area contributed by atoms with Gasteiger partial charge in [-0.25, -0.2) is 12.6 Å². The number of halogens is 2. The SMILES string of the molecule is CC1S(=O)OCC(F)(F)OS1=O. The van der Waals surface area contributed by atoms with Crippen LogP contribution in [0, 0.1) is 0 Å². The van der Waals surface area contributed by atoms with Gasteiger partial charge < -0.3 is 0 Å². The van der Waals surface area contributed by atoms with Gasteiger partial charge in [-0.1, -0.05) is 0 Å². The van der Waals surface area contributed by atoms with Gasteiger partial charge in [0.1, 0.15) is 0 Å². The van der Waals surface area contributed by atoms with Gasteiger partial charge in [-0.15, -0.1) is 0 Å². The van der Waals surface area contributed by atoms with Crippen molar-refractivity contribution in [3.05, 3.63) is 0 Å². The van der Waals surface area contributed by atoms with Crippen LogP contribution in [0.1, 0.15) is 6.92 Å². The molecule has 0 N–H and O–H groups in total. The van der Waals surface area contributed by atoms with Crippen molar-refractivity contribution in [1.82, 2.24) is 0 Å². The van der Waals surface area contributed by atoms with Gasteiger partial charge in [0.2, 0.25) is 0 Å². The van der Waals surface area contributed by atoms with E-state index >= 15 is 0 Å². The maximum absolute atomic E-state index is 12.4. The Morgan fingerprint density at radius 2 is 2.00 bits per heavy atom. The molecule has 3 atom stereocenters. The zero-order valence-electron chi connectivity index (χ0n) is 5.99. The van der Waals surface area contributed by atoms with Crippen LogP contribution in [0.2, 0.25) is 0 Å². The summed E-state index contributed by atoms with van der Waals surface area (Å²) in [5, 5.41) is 0. The van der Waals surface area contributed by atoms with Crippen molar-refractivity contribution < 1.29 is 25.6 Å². The molecule has 1 aliphatic rings. The first-order valence-corrected chi connectivity index (χ1v) is 5.22. The Labute approximate surface area is 72.6 Å². The number of alkyl halides is 2. The van der Waals surface area contributed by atoms with Crippen LogP contribution in [0.3, 0.4) is 0 Å². The van der Waals surface area contributed by atoms with Crippen molar-refractivity contribution in [1.29, 1.82) is 0 Å². The van der Waals surface area contributed by atoms with Crippen molar-refractivity contribution >= 4 is 22.2 Å². The van der Waals surface area contributed by atoms with E-state index in [0.717, 1.165) is 0 Å². The summed E-state index contributed by atoms with van der Waals surface area (Å²) in [6.45, 7) is 0.114. The molecule has 1 heterocycles. The summed E-state index contributed by atoms with van der Waals surface area (Å²) in [5.74, 6) is 0. The Bertz CT molecular complexity index is 231. The Kier molecular flexibility index (Phi) is 2.92. The summed E-state index contributed by atoms with van der Waals surface area (Å²) < 4.78 is 53.3. The Morgan fingerprint density at radius 1 is 1.42 bits per heavy atom. The minimum atomic E-state index is -3.62. The van der Waals surface area contributed by atoms with Crippen LogP contribution in [0.4, 0.5) is 8.78 Å². The fourth-order valence-corrected chi connectivity index (χ4v) is 2.17. The molecule has 0 saturated carbocycles. The highest BCUT2D eigenvalue weighted by atomic mass is 32.3. The lowest BCUT2D eigenvalue weighted by Gasteiger charge is -2.09. The molecule has 4 nitrogen and oxygen atoms in total. The first kappa shape index (κ1) is 10.2. The van der Waals surface area contributed by atoms with Gasteiger partial charge in [-0.3, -0.25) is 4.18 Å². The standard InChI is InChI=1S/C4H6F2O4S2/c1-3-11(7)9-2-4(5,6)10-12(3)8/h3H,2H2,1H3. The molecule has 12 heavy (non-hydrogen) atoms. The number of hydrogen-bond acceptors (Lipinski definition) is 4. The number of hydrogen-bond donors (Lipinski definition) is 0. The van der Waals surface area contributed by atoms with Crippen LogP contribution in [-0.4, -0.2) is 25.7 Å². The van der Waals surface area contributed by atoms with Crippen molar-refractivity contribution in [3.63, 3.8) is 0 Å². The third-order valence-electron chi connectivity index (χ3n) is 1.09. The molecular weight excluding hydrogens is 214 g/mol. The fraction of sp³-hybridized carbons (Fsp3) is 1.00. The first-order chi connectivity index (χ1) is 5.42. The second-order valence-corrected chi connectivity index (χ2v) is 5.23. The summed E-state index contributed by atoms with van der Waals surface area (Å²) in [7, 11) is 0. The molecule has 0 radical (unpaired) electrons. The lowest BCUT2D eigenvalue weighted by Crippen LogP contribution is -2.26. The van der Waals surface area contributed by atoms with E-state index in [1.54, 1.807) is 0 Å². The third-order valence-corrected chi connectivity index (χ3v) is 3.87. The molecule has 1 saturated heterocycles. The lowest BCUT2D eigenvalue weighted by molar-refractivity contribution is -0.185. The Hall–Kier alpha value is 0.0800. The topological polar surface area (TPSA) is 52.6 Å². The molecule has 72 valence electrons. The molecule has 3 unspecified atom stereocenters. The number of rotatable bonds is 0. The van der Waals surface area contributed by atoms with Gasteiger partial charge in [-0.05, 0) is 6.92 Å². The van der Waals surface area contributed by atoms with E-state index in [2.05, 4.69) is 8.37 Å². The van der Waals surface area contributed by atoms with E-state index in [1.807, 2.05) is 0 Å². The Morgan fingerprint density at radius 3 is 2.58 bits per heavy atom. The van der Waals surface area contributed by atoms with Gasteiger partial charge in [-0.2, -0.15) is 8.78 Å². The van der Waals surface area contributed by atoms with Crippen LogP contribution in [-0.2, 0) is 30.5 Å². The molecule has 0 bridgehead atoms. The fourth-order valence-electron chi connectivity index (χ4n) is 0.499. The van der Waals surface area contributed by atoms with E-state index < -0.39 is 39.5 Å². The van der Waals surface area contributed by atoms with Gasteiger partial charge in [0, 0.05) is 0 Å². The molecule has 8 heteroatoms. The summed E-state index contributed by atoms with van der Waals surface area (Å²) in [6, 6.07) is 0. The van der Waals surface area contributed by atoms with Gasteiger partial charge >= 0.3 is 6.11 Å². The maximum atomic E-state index is 12.4. The summed E-state index contributed by atoms with van der Waals surface area (Å²) >= 11 is -4.26. The highest BCUT2D eigenvalue weighted by Gasteiger charge is 2.41. The van der Waals surface area contributed by atoms with Gasteiger partial charge in [0.15, 0.2) is 33.3 Å². The molecule has 0 aromatic rings. The summed E-state index contributed by atoms with van der Waals surface area (Å²) in [4.78, 5) is 0. The average Bonchev–Trinajstić information content (AvgIpc) is 2.03. The molecule has 0 aliphatic carbocycles. The molecule has 1 fully saturated rings.